The van der Waals surface area contributed by atoms with Crippen molar-refractivity contribution in [1.82, 2.24) is 9.97 Å². The summed E-state index contributed by atoms with van der Waals surface area (Å²) in [5, 5.41) is 8.26. The fraction of sp³-hybridized carbons (Fsp3) is 0.200. The smallest absolute Gasteiger partial charge is 0.183 e. The van der Waals surface area contributed by atoms with Crippen molar-refractivity contribution in [1.29, 1.82) is 0 Å². The number of thiazole rings is 2. The van der Waals surface area contributed by atoms with Crippen LogP contribution in [-0.4, -0.2) is 17.0 Å². The van der Waals surface area contributed by atoms with Crippen molar-refractivity contribution < 1.29 is 24.8 Å². The maximum Gasteiger partial charge on any atom is 0.183 e. The Hall–Kier alpha value is -1.34. The monoisotopic (exact) mass is 386 g/mol. The highest BCUT2D eigenvalue weighted by molar-refractivity contribution is 7.19. The fourth-order valence-electron chi connectivity index (χ4n) is 1.87. The number of aromatic nitrogens is 2. The first kappa shape index (κ1) is 19.7. The molecule has 1 aromatic carbocycles. The van der Waals surface area contributed by atoms with Crippen molar-refractivity contribution in [2.45, 2.75) is 13.5 Å². The molecule has 4 nitrogen and oxygen atoms in total. The van der Waals surface area contributed by atoms with Gasteiger partial charge in [0.15, 0.2) is 10.3 Å². The molecular weight excluding hydrogens is 371 g/mol. The maximum absolute atomic E-state index is 4.43. The van der Waals surface area contributed by atoms with E-state index in [0.717, 1.165) is 16.8 Å². The summed E-state index contributed by atoms with van der Waals surface area (Å²) in [6.45, 7) is 2.85. The molecule has 2 N–H and O–H groups in total. The van der Waals surface area contributed by atoms with E-state index in [0.29, 0.717) is 0 Å². The van der Waals surface area contributed by atoms with E-state index in [9.17, 15) is 0 Å². The minimum Gasteiger partial charge on any atom is -1.00 e. The lowest BCUT2D eigenvalue weighted by atomic mass is 10.1. The van der Waals surface area contributed by atoms with Crippen LogP contribution in [0.25, 0.3) is 10.4 Å². The summed E-state index contributed by atoms with van der Waals surface area (Å²) < 4.78 is 0. The van der Waals surface area contributed by atoms with Gasteiger partial charge in [0, 0.05) is 24.3 Å². The molecule has 0 unspecified atom stereocenters. The molecule has 0 spiro atoms. The molecule has 124 valence electrons. The molecule has 3 aromatic rings. The highest BCUT2D eigenvalue weighted by Crippen LogP contribution is 2.29. The van der Waals surface area contributed by atoms with Crippen LogP contribution in [0, 0.1) is 6.92 Å². The average molecular weight is 387 g/mol. The van der Waals surface area contributed by atoms with Crippen LogP contribution < -0.4 is 35.4 Å². The standard InChI is InChI=1S/C15H16N4S2.2ClH/c1-10-3-5-11(6-4-10)13-9-19-15(21-13)18-8-12-7-17-14(16-2)20-12;;/h3-7,9H,8H2,1-2H3,(H,16,17)(H,18,19);2*1H/p-2. The van der Waals surface area contributed by atoms with E-state index >= 15 is 0 Å². The van der Waals surface area contributed by atoms with Crippen LogP contribution in [0.2, 0.25) is 0 Å². The van der Waals surface area contributed by atoms with Crippen LogP contribution in [0.3, 0.4) is 0 Å². The second kappa shape index (κ2) is 9.08. The lowest BCUT2D eigenvalue weighted by Gasteiger charge is -1.99. The van der Waals surface area contributed by atoms with Gasteiger partial charge in [-0.15, -0.1) is 11.3 Å². The first-order valence-electron chi connectivity index (χ1n) is 6.64. The number of nitrogens with one attached hydrogen (secondary N) is 2. The topological polar surface area (TPSA) is 49.8 Å². The van der Waals surface area contributed by atoms with Gasteiger partial charge in [-0.25, -0.2) is 9.97 Å². The first-order valence-corrected chi connectivity index (χ1v) is 8.27. The van der Waals surface area contributed by atoms with Crippen LogP contribution in [0.4, 0.5) is 10.3 Å². The van der Waals surface area contributed by atoms with Gasteiger partial charge in [-0.05, 0) is 12.5 Å². The molecule has 8 heteroatoms. The van der Waals surface area contributed by atoms with E-state index in [2.05, 4.69) is 51.8 Å². The van der Waals surface area contributed by atoms with Crippen molar-refractivity contribution in [3.63, 3.8) is 0 Å². The summed E-state index contributed by atoms with van der Waals surface area (Å²) in [4.78, 5) is 11.1. The number of benzene rings is 1. The van der Waals surface area contributed by atoms with Crippen LogP contribution in [0.15, 0.2) is 36.7 Å². The third-order valence-corrected chi connectivity index (χ3v) is 5.04. The molecule has 0 aliphatic carbocycles. The second-order valence-corrected chi connectivity index (χ2v) is 6.78. The molecule has 0 saturated heterocycles. The molecule has 0 bridgehead atoms. The van der Waals surface area contributed by atoms with Gasteiger partial charge in [-0.1, -0.05) is 41.2 Å². The number of hydrogen-bond donors (Lipinski definition) is 2. The van der Waals surface area contributed by atoms with E-state index in [1.165, 1.54) is 20.9 Å². The van der Waals surface area contributed by atoms with Gasteiger partial charge < -0.3 is 35.4 Å². The lowest BCUT2D eigenvalue weighted by Crippen LogP contribution is -3.00. The fourth-order valence-corrected chi connectivity index (χ4v) is 3.40. The number of nitrogens with zero attached hydrogens (tertiary/aromatic N) is 2. The molecule has 23 heavy (non-hydrogen) atoms. The largest absolute Gasteiger partial charge is 1.00 e. The van der Waals surface area contributed by atoms with E-state index in [4.69, 9.17) is 0 Å². The van der Waals surface area contributed by atoms with Gasteiger partial charge in [-0.3, -0.25) is 0 Å². The Balaban J connectivity index is 0.00000132. The molecule has 0 radical (unpaired) electrons. The lowest BCUT2D eigenvalue weighted by molar-refractivity contribution is -0.00100. The van der Waals surface area contributed by atoms with Gasteiger partial charge in [0.2, 0.25) is 0 Å². The van der Waals surface area contributed by atoms with Crippen molar-refractivity contribution in [3.05, 3.63) is 47.1 Å². The van der Waals surface area contributed by atoms with E-state index in [1.54, 1.807) is 22.7 Å². The SMILES string of the molecule is CNc1ncc(CNc2ncc(-c3ccc(C)cc3)s2)s1.[Cl-].[Cl-]. The Morgan fingerprint density at radius 2 is 1.65 bits per heavy atom. The molecule has 0 aliphatic rings. The van der Waals surface area contributed by atoms with Crippen LogP contribution in [-0.2, 0) is 6.54 Å². The average Bonchev–Trinajstić information content (AvgIpc) is 3.15. The van der Waals surface area contributed by atoms with Gasteiger partial charge in [0.25, 0.3) is 0 Å². The van der Waals surface area contributed by atoms with Crippen LogP contribution in [0.5, 0.6) is 0 Å². The van der Waals surface area contributed by atoms with Gasteiger partial charge in [0.1, 0.15) is 0 Å². The van der Waals surface area contributed by atoms with Crippen LogP contribution in [0.1, 0.15) is 10.4 Å². The third kappa shape index (κ3) is 5.07. The second-order valence-electron chi connectivity index (χ2n) is 4.63. The third-order valence-electron chi connectivity index (χ3n) is 3.02. The summed E-state index contributed by atoms with van der Waals surface area (Å²) in [7, 11) is 1.88. The van der Waals surface area contributed by atoms with Crippen molar-refractivity contribution in [2.24, 2.45) is 0 Å². The summed E-state index contributed by atoms with van der Waals surface area (Å²) in [5.41, 5.74) is 2.48. The number of hydrogen-bond acceptors (Lipinski definition) is 6. The highest BCUT2D eigenvalue weighted by Gasteiger charge is 2.05. The molecule has 0 atom stereocenters. The Bertz CT molecular complexity index is 725. The highest BCUT2D eigenvalue weighted by atomic mass is 35.5. The molecule has 0 aliphatic heterocycles. The van der Waals surface area contributed by atoms with Gasteiger partial charge >= 0.3 is 0 Å². The predicted molar refractivity (Wildman–Crippen MR) is 91.3 cm³/mol. The minimum absolute atomic E-state index is 0. The summed E-state index contributed by atoms with van der Waals surface area (Å²) >= 11 is 3.32. The molecule has 2 aromatic heterocycles. The number of rotatable bonds is 5. The molecule has 0 amide bonds. The number of aryl methyl sites for hydroxylation is 1. The Kier molecular flexibility index (Phi) is 7.78. The Morgan fingerprint density at radius 3 is 2.30 bits per heavy atom. The summed E-state index contributed by atoms with van der Waals surface area (Å²) in [6.07, 6.45) is 3.81. The molecule has 0 saturated carbocycles. The minimum atomic E-state index is 0. The normalized spacial score (nSPS) is 9.65. The van der Waals surface area contributed by atoms with Crippen molar-refractivity contribution in [3.8, 4) is 10.4 Å². The maximum atomic E-state index is 4.43. The van der Waals surface area contributed by atoms with Gasteiger partial charge in [-0.2, -0.15) is 0 Å². The zero-order valence-corrected chi connectivity index (χ0v) is 15.8. The van der Waals surface area contributed by atoms with E-state index in [1.807, 2.05) is 19.4 Å². The van der Waals surface area contributed by atoms with Gasteiger partial charge in [0.05, 0.1) is 11.4 Å². The number of halogens is 2. The zero-order chi connectivity index (χ0) is 14.7. The van der Waals surface area contributed by atoms with Crippen molar-refractivity contribution in [2.75, 3.05) is 17.7 Å². The quantitative estimate of drug-likeness (QED) is 0.545. The van der Waals surface area contributed by atoms with Crippen LogP contribution >= 0.6 is 22.7 Å². The molecular formula is C15H16Cl2N4S2-2. The Morgan fingerprint density at radius 1 is 0.957 bits per heavy atom. The molecule has 2 heterocycles. The first-order chi connectivity index (χ1) is 10.2. The molecule has 0 fully saturated rings. The number of anilines is 2. The Labute approximate surface area is 156 Å². The zero-order valence-electron chi connectivity index (χ0n) is 12.6. The summed E-state index contributed by atoms with van der Waals surface area (Å²) in [6, 6.07) is 8.52. The van der Waals surface area contributed by atoms with E-state index < -0.39 is 0 Å². The molecule has 3 rings (SSSR count). The van der Waals surface area contributed by atoms with Crippen molar-refractivity contribution >= 4 is 32.9 Å². The van der Waals surface area contributed by atoms with E-state index in [-0.39, 0.29) is 24.8 Å². The predicted octanol–water partition coefficient (Wildman–Crippen LogP) is -1.76. The summed E-state index contributed by atoms with van der Waals surface area (Å²) in [5.74, 6) is 0.